The number of hydrogen-bond donors (Lipinski definition) is 0. The number of hydrogen-bond acceptors (Lipinski definition) is 4. The van der Waals surface area contributed by atoms with Gasteiger partial charge in [0.05, 0.1) is 7.11 Å². The minimum absolute atomic E-state index is 0.148. The fourth-order valence-corrected chi connectivity index (χ4v) is 4.21. The number of amides is 1. The van der Waals surface area contributed by atoms with E-state index in [0.29, 0.717) is 25.3 Å². The van der Waals surface area contributed by atoms with Gasteiger partial charge in [0, 0.05) is 30.6 Å². The standard InChI is InChI=1S/C24H25NO4/c1-28-22-10-6-5-9-19(22)20-15-24(16-21(20)26)11-13-25(14-12-24)23(27)29-17-18-7-3-2-4-8-18/h2-10,15H,11-14,16-17H2,1H3. The number of allylic oxidation sites excluding steroid dienone is 2. The number of rotatable bonds is 4. The highest BCUT2D eigenvalue weighted by Gasteiger charge is 2.42. The third kappa shape index (κ3) is 4.04. The number of ketones is 1. The second-order valence-corrected chi connectivity index (χ2v) is 7.75. The first-order valence-corrected chi connectivity index (χ1v) is 9.95. The van der Waals surface area contributed by atoms with E-state index < -0.39 is 0 Å². The van der Waals surface area contributed by atoms with Crippen molar-refractivity contribution in [2.45, 2.75) is 25.9 Å². The maximum Gasteiger partial charge on any atom is 0.410 e. The average molecular weight is 391 g/mol. The van der Waals surface area contributed by atoms with Gasteiger partial charge in [-0.1, -0.05) is 54.6 Å². The summed E-state index contributed by atoms with van der Waals surface area (Å²) in [5.41, 5.74) is 2.38. The van der Waals surface area contributed by atoms with E-state index in [2.05, 4.69) is 6.08 Å². The first-order valence-electron chi connectivity index (χ1n) is 9.95. The SMILES string of the molecule is COc1ccccc1C1=CC2(CCN(C(=O)OCc3ccccc3)CC2)CC1=O. The first-order chi connectivity index (χ1) is 14.1. The van der Waals surface area contributed by atoms with E-state index in [1.165, 1.54) is 0 Å². The lowest BCUT2D eigenvalue weighted by Crippen LogP contribution is -2.42. The second-order valence-electron chi connectivity index (χ2n) is 7.75. The molecular formula is C24H25NO4. The molecule has 0 aromatic heterocycles. The number of piperidine rings is 1. The van der Waals surface area contributed by atoms with Crippen molar-refractivity contribution in [1.82, 2.24) is 4.90 Å². The zero-order valence-corrected chi connectivity index (χ0v) is 16.6. The molecule has 0 N–H and O–H groups in total. The number of likely N-dealkylation sites (tertiary alicyclic amines) is 1. The topological polar surface area (TPSA) is 55.8 Å². The minimum Gasteiger partial charge on any atom is -0.496 e. The Balaban J connectivity index is 1.40. The van der Waals surface area contributed by atoms with Gasteiger partial charge in [-0.25, -0.2) is 4.79 Å². The van der Waals surface area contributed by atoms with Crippen LogP contribution in [-0.4, -0.2) is 37.0 Å². The summed E-state index contributed by atoms with van der Waals surface area (Å²) < 4.78 is 10.9. The molecule has 1 aliphatic carbocycles. The van der Waals surface area contributed by atoms with Crippen LogP contribution in [0.15, 0.2) is 60.7 Å². The highest BCUT2D eigenvalue weighted by Crippen LogP contribution is 2.46. The monoisotopic (exact) mass is 391 g/mol. The van der Waals surface area contributed by atoms with Crippen LogP contribution < -0.4 is 4.74 Å². The Kier molecular flexibility index (Phi) is 5.38. The number of para-hydroxylation sites is 1. The molecule has 1 heterocycles. The van der Waals surface area contributed by atoms with Crippen LogP contribution in [0.5, 0.6) is 5.75 Å². The van der Waals surface area contributed by atoms with E-state index in [0.717, 1.165) is 29.5 Å². The Morgan fingerprint density at radius 1 is 1.03 bits per heavy atom. The van der Waals surface area contributed by atoms with Crippen LogP contribution >= 0.6 is 0 Å². The molecule has 5 heteroatoms. The molecule has 1 saturated heterocycles. The molecule has 4 rings (SSSR count). The molecular weight excluding hydrogens is 366 g/mol. The van der Waals surface area contributed by atoms with Crippen LogP contribution in [0.1, 0.15) is 30.4 Å². The van der Waals surface area contributed by atoms with Crippen LogP contribution in [0.3, 0.4) is 0 Å². The lowest BCUT2D eigenvalue weighted by molar-refractivity contribution is -0.114. The third-order valence-corrected chi connectivity index (χ3v) is 5.88. The maximum atomic E-state index is 12.8. The van der Waals surface area contributed by atoms with Crippen LogP contribution in [0.25, 0.3) is 5.57 Å². The summed E-state index contributed by atoms with van der Waals surface area (Å²) >= 11 is 0. The molecule has 2 aliphatic rings. The molecule has 0 atom stereocenters. The van der Waals surface area contributed by atoms with Gasteiger partial charge in [0.15, 0.2) is 5.78 Å². The van der Waals surface area contributed by atoms with E-state index in [9.17, 15) is 9.59 Å². The summed E-state index contributed by atoms with van der Waals surface area (Å²) in [6, 6.07) is 17.3. The Morgan fingerprint density at radius 3 is 2.45 bits per heavy atom. The maximum absolute atomic E-state index is 12.8. The normalized spacial score (nSPS) is 17.9. The van der Waals surface area contributed by atoms with E-state index in [1.54, 1.807) is 12.0 Å². The lowest BCUT2D eigenvalue weighted by atomic mass is 9.78. The van der Waals surface area contributed by atoms with Crippen molar-refractivity contribution in [2.24, 2.45) is 5.41 Å². The number of benzene rings is 2. The number of ether oxygens (including phenoxy) is 2. The Labute approximate surface area is 170 Å². The average Bonchev–Trinajstić information content (AvgIpc) is 3.08. The number of carbonyl (C=O) groups excluding carboxylic acids is 2. The molecule has 0 bridgehead atoms. The smallest absolute Gasteiger partial charge is 0.410 e. The summed E-state index contributed by atoms with van der Waals surface area (Å²) in [5, 5.41) is 0. The van der Waals surface area contributed by atoms with E-state index in [-0.39, 0.29) is 23.9 Å². The largest absolute Gasteiger partial charge is 0.496 e. The fraction of sp³-hybridized carbons (Fsp3) is 0.333. The van der Waals surface area contributed by atoms with Gasteiger partial charge in [-0.05, 0) is 29.9 Å². The van der Waals surface area contributed by atoms with Crippen LogP contribution in [-0.2, 0) is 16.1 Å². The van der Waals surface area contributed by atoms with Crippen molar-refractivity contribution < 1.29 is 19.1 Å². The Hall–Kier alpha value is -3.08. The lowest BCUT2D eigenvalue weighted by Gasteiger charge is -2.37. The van der Waals surface area contributed by atoms with Crippen LogP contribution in [0.4, 0.5) is 4.79 Å². The van der Waals surface area contributed by atoms with Gasteiger partial charge < -0.3 is 14.4 Å². The quantitative estimate of drug-likeness (QED) is 0.772. The highest BCUT2D eigenvalue weighted by molar-refractivity contribution is 6.24. The molecule has 1 fully saturated rings. The fourth-order valence-electron chi connectivity index (χ4n) is 4.21. The third-order valence-electron chi connectivity index (χ3n) is 5.88. The zero-order chi connectivity index (χ0) is 20.3. The predicted molar refractivity (Wildman–Crippen MR) is 110 cm³/mol. The molecule has 2 aromatic rings. The summed E-state index contributed by atoms with van der Waals surface area (Å²) in [6.45, 7) is 1.46. The number of methoxy groups -OCH3 is 1. The van der Waals surface area contributed by atoms with Crippen molar-refractivity contribution in [2.75, 3.05) is 20.2 Å². The molecule has 5 nitrogen and oxygen atoms in total. The van der Waals surface area contributed by atoms with Gasteiger partial charge in [0.25, 0.3) is 0 Å². The minimum atomic E-state index is -0.290. The van der Waals surface area contributed by atoms with Crippen LogP contribution in [0.2, 0.25) is 0 Å². The Bertz CT molecular complexity index is 927. The van der Waals surface area contributed by atoms with Crippen molar-refractivity contribution in [3.05, 3.63) is 71.8 Å². The molecule has 1 aliphatic heterocycles. The van der Waals surface area contributed by atoms with Gasteiger partial charge in [0.2, 0.25) is 0 Å². The van der Waals surface area contributed by atoms with Crippen molar-refractivity contribution in [3.8, 4) is 5.75 Å². The van der Waals surface area contributed by atoms with Gasteiger partial charge in [0.1, 0.15) is 12.4 Å². The molecule has 1 amide bonds. The molecule has 0 radical (unpaired) electrons. The second kappa shape index (κ2) is 8.11. The summed E-state index contributed by atoms with van der Waals surface area (Å²) in [7, 11) is 1.62. The van der Waals surface area contributed by atoms with Crippen molar-refractivity contribution in [3.63, 3.8) is 0 Å². The number of Topliss-reactive ketones (excluding diaryl/α,β-unsaturated/α-hetero) is 1. The van der Waals surface area contributed by atoms with Gasteiger partial charge in [-0.15, -0.1) is 0 Å². The summed E-state index contributed by atoms with van der Waals surface area (Å²) in [6.07, 6.45) is 3.84. The highest BCUT2D eigenvalue weighted by atomic mass is 16.6. The Morgan fingerprint density at radius 2 is 1.72 bits per heavy atom. The molecule has 2 aromatic carbocycles. The molecule has 29 heavy (non-hydrogen) atoms. The van der Waals surface area contributed by atoms with Crippen molar-refractivity contribution in [1.29, 1.82) is 0 Å². The van der Waals surface area contributed by atoms with Gasteiger partial charge >= 0.3 is 6.09 Å². The molecule has 150 valence electrons. The van der Waals surface area contributed by atoms with E-state index in [4.69, 9.17) is 9.47 Å². The van der Waals surface area contributed by atoms with Gasteiger partial charge in [-0.2, -0.15) is 0 Å². The van der Waals surface area contributed by atoms with Crippen LogP contribution in [0, 0.1) is 5.41 Å². The predicted octanol–water partition coefficient (Wildman–Crippen LogP) is 4.47. The zero-order valence-electron chi connectivity index (χ0n) is 16.6. The molecule has 1 spiro atoms. The van der Waals surface area contributed by atoms with Crippen molar-refractivity contribution >= 4 is 17.4 Å². The van der Waals surface area contributed by atoms with E-state index >= 15 is 0 Å². The van der Waals surface area contributed by atoms with Gasteiger partial charge in [-0.3, -0.25) is 4.79 Å². The molecule has 0 saturated carbocycles. The van der Waals surface area contributed by atoms with E-state index in [1.807, 2.05) is 54.6 Å². The number of nitrogens with zero attached hydrogens (tertiary/aromatic N) is 1. The summed E-state index contributed by atoms with van der Waals surface area (Å²) in [5.74, 6) is 0.862. The summed E-state index contributed by atoms with van der Waals surface area (Å²) in [4.78, 5) is 26.9. The first kappa shape index (κ1) is 19.2. The number of carbonyl (C=O) groups is 2. The molecule has 0 unspecified atom stereocenters.